The van der Waals surface area contributed by atoms with Gasteiger partial charge in [-0.05, 0) is 12.1 Å². The molecule has 0 spiro atoms. The number of hydrogen-bond acceptors (Lipinski definition) is 2. The Morgan fingerprint density at radius 3 is 2.53 bits per heavy atom. The molecule has 3 nitrogen and oxygen atoms in total. The lowest BCUT2D eigenvalue weighted by Crippen LogP contribution is -2.42. The lowest BCUT2D eigenvalue weighted by Gasteiger charge is -2.31. The highest BCUT2D eigenvalue weighted by Crippen LogP contribution is 2.28. The third-order valence-corrected chi connectivity index (χ3v) is 3.07. The van der Waals surface area contributed by atoms with Gasteiger partial charge in [0.1, 0.15) is 4.64 Å². The highest BCUT2D eigenvalue weighted by Gasteiger charge is 2.35. The van der Waals surface area contributed by atoms with E-state index in [1.807, 2.05) is 0 Å². The van der Waals surface area contributed by atoms with E-state index < -0.39 is 5.92 Å². The molecular formula is C11H12F2N2OS. The topological polar surface area (TPSA) is 36.1 Å². The first-order chi connectivity index (χ1) is 7.98. The van der Waals surface area contributed by atoms with Gasteiger partial charge in [-0.1, -0.05) is 12.2 Å². The predicted molar refractivity (Wildman–Crippen MR) is 61.7 cm³/mol. The molecule has 1 amide bonds. The number of carbonyl (C=O) groups is 1. The van der Waals surface area contributed by atoms with Crippen LogP contribution in [-0.2, 0) is 0 Å². The van der Waals surface area contributed by atoms with Crippen LogP contribution in [0.4, 0.5) is 8.78 Å². The summed E-state index contributed by atoms with van der Waals surface area (Å²) in [5.74, 6) is -2.86. The molecule has 0 atom stereocenters. The van der Waals surface area contributed by atoms with Crippen LogP contribution in [-0.4, -0.2) is 34.8 Å². The number of piperidine rings is 1. The fourth-order valence-electron chi connectivity index (χ4n) is 1.76. The molecule has 6 heteroatoms. The molecule has 0 aliphatic carbocycles. The zero-order valence-corrected chi connectivity index (χ0v) is 9.90. The molecule has 2 rings (SSSR count). The van der Waals surface area contributed by atoms with Gasteiger partial charge in [-0.25, -0.2) is 8.78 Å². The van der Waals surface area contributed by atoms with Crippen LogP contribution in [0.1, 0.15) is 23.2 Å². The first-order valence-electron chi connectivity index (χ1n) is 5.34. The fraction of sp³-hybridized carbons (Fsp3) is 0.455. The van der Waals surface area contributed by atoms with Crippen molar-refractivity contribution in [2.75, 3.05) is 13.1 Å². The van der Waals surface area contributed by atoms with Crippen LogP contribution in [0.3, 0.4) is 0 Å². The van der Waals surface area contributed by atoms with Gasteiger partial charge in [-0.2, -0.15) is 0 Å². The zero-order valence-electron chi connectivity index (χ0n) is 9.08. The lowest BCUT2D eigenvalue weighted by molar-refractivity contribution is -0.0494. The van der Waals surface area contributed by atoms with Crippen molar-refractivity contribution in [2.24, 2.45) is 0 Å². The summed E-state index contributed by atoms with van der Waals surface area (Å²) >= 11 is 4.87. The molecule has 1 fully saturated rings. The maximum atomic E-state index is 12.9. The molecule has 0 saturated carbocycles. The Kier molecular flexibility index (Phi) is 3.24. The Hall–Kier alpha value is -1.30. The molecule has 0 bridgehead atoms. The molecule has 1 aromatic rings. The average molecular weight is 258 g/mol. The standard InChI is InChI=1S/C11H12F2N2OS/c12-11(13)3-5-15(6-4-11)10(16)8-1-2-9(17)14-7-8/h1-2,7H,3-6H2,(H,14,17). The molecule has 1 saturated heterocycles. The number of aromatic amines is 1. The number of likely N-dealkylation sites (tertiary alicyclic amines) is 1. The summed E-state index contributed by atoms with van der Waals surface area (Å²) in [5, 5.41) is 0. The van der Waals surface area contributed by atoms with Gasteiger partial charge < -0.3 is 9.88 Å². The highest BCUT2D eigenvalue weighted by atomic mass is 32.1. The van der Waals surface area contributed by atoms with Gasteiger partial charge in [0.15, 0.2) is 0 Å². The Morgan fingerprint density at radius 2 is 2.00 bits per heavy atom. The maximum Gasteiger partial charge on any atom is 0.255 e. The predicted octanol–water partition coefficient (Wildman–Crippen LogP) is 2.62. The number of nitrogens with zero attached hydrogens (tertiary/aromatic N) is 1. The van der Waals surface area contributed by atoms with Gasteiger partial charge in [-0.3, -0.25) is 4.79 Å². The normalized spacial score (nSPS) is 19.1. The van der Waals surface area contributed by atoms with Gasteiger partial charge in [0.2, 0.25) is 0 Å². The third-order valence-electron chi connectivity index (χ3n) is 2.81. The first kappa shape index (κ1) is 12.2. The van der Waals surface area contributed by atoms with Crippen molar-refractivity contribution in [1.82, 2.24) is 9.88 Å². The number of pyridine rings is 1. The molecular weight excluding hydrogens is 246 g/mol. The van der Waals surface area contributed by atoms with Crippen LogP contribution in [0.15, 0.2) is 18.3 Å². The van der Waals surface area contributed by atoms with Crippen molar-refractivity contribution in [3.05, 3.63) is 28.5 Å². The Bertz CT molecular complexity index is 456. The van der Waals surface area contributed by atoms with Crippen molar-refractivity contribution < 1.29 is 13.6 Å². The number of alkyl halides is 2. The van der Waals surface area contributed by atoms with Crippen molar-refractivity contribution in [3.63, 3.8) is 0 Å². The molecule has 0 aromatic carbocycles. The van der Waals surface area contributed by atoms with E-state index in [-0.39, 0.29) is 31.8 Å². The third kappa shape index (κ3) is 2.88. The number of aromatic nitrogens is 1. The van der Waals surface area contributed by atoms with E-state index in [0.717, 1.165) is 0 Å². The largest absolute Gasteiger partial charge is 0.352 e. The number of nitrogens with one attached hydrogen (secondary N) is 1. The second kappa shape index (κ2) is 4.52. The highest BCUT2D eigenvalue weighted by molar-refractivity contribution is 7.71. The van der Waals surface area contributed by atoms with E-state index in [9.17, 15) is 13.6 Å². The van der Waals surface area contributed by atoms with Crippen molar-refractivity contribution in [3.8, 4) is 0 Å². The minimum atomic E-state index is -2.63. The molecule has 1 aliphatic rings. The number of rotatable bonds is 1. The van der Waals surface area contributed by atoms with Crippen LogP contribution < -0.4 is 0 Å². The minimum Gasteiger partial charge on any atom is -0.352 e. The summed E-state index contributed by atoms with van der Waals surface area (Å²) in [6.45, 7) is 0.197. The zero-order chi connectivity index (χ0) is 12.5. The summed E-state index contributed by atoms with van der Waals surface area (Å²) in [4.78, 5) is 16.2. The second-order valence-electron chi connectivity index (χ2n) is 4.09. The Morgan fingerprint density at radius 1 is 1.35 bits per heavy atom. The van der Waals surface area contributed by atoms with Crippen molar-refractivity contribution in [2.45, 2.75) is 18.8 Å². The summed E-state index contributed by atoms with van der Waals surface area (Å²) < 4.78 is 26.4. The van der Waals surface area contributed by atoms with Gasteiger partial charge in [0.05, 0.1) is 5.56 Å². The van der Waals surface area contributed by atoms with Crippen LogP contribution in [0.2, 0.25) is 0 Å². The van der Waals surface area contributed by atoms with Gasteiger partial charge in [0.25, 0.3) is 11.8 Å². The summed E-state index contributed by atoms with van der Waals surface area (Å²) in [6, 6.07) is 3.22. The SMILES string of the molecule is O=C(c1ccc(=S)[nH]c1)N1CCC(F)(F)CC1. The minimum absolute atomic E-state index is 0.0987. The second-order valence-corrected chi connectivity index (χ2v) is 4.53. The van der Waals surface area contributed by atoms with Crippen LogP contribution in [0.25, 0.3) is 0 Å². The molecule has 1 N–H and O–H groups in total. The van der Waals surface area contributed by atoms with Crippen LogP contribution in [0.5, 0.6) is 0 Å². The quantitative estimate of drug-likeness (QED) is 0.786. The van der Waals surface area contributed by atoms with E-state index in [1.165, 1.54) is 11.1 Å². The fourth-order valence-corrected chi connectivity index (χ4v) is 1.89. The van der Waals surface area contributed by atoms with Gasteiger partial charge in [-0.15, -0.1) is 0 Å². The maximum absolute atomic E-state index is 12.9. The van der Waals surface area contributed by atoms with Gasteiger partial charge in [0, 0.05) is 32.1 Å². The van der Waals surface area contributed by atoms with Gasteiger partial charge >= 0.3 is 0 Å². The number of amides is 1. The Balaban J connectivity index is 2.06. The number of hydrogen-bond donors (Lipinski definition) is 1. The molecule has 92 valence electrons. The molecule has 0 radical (unpaired) electrons. The molecule has 0 unspecified atom stereocenters. The van der Waals surface area contributed by atoms with E-state index in [0.29, 0.717) is 10.2 Å². The molecule has 17 heavy (non-hydrogen) atoms. The molecule has 2 heterocycles. The van der Waals surface area contributed by atoms with E-state index in [1.54, 1.807) is 12.1 Å². The van der Waals surface area contributed by atoms with E-state index >= 15 is 0 Å². The van der Waals surface area contributed by atoms with Crippen LogP contribution >= 0.6 is 12.2 Å². The van der Waals surface area contributed by atoms with E-state index in [4.69, 9.17) is 12.2 Å². The van der Waals surface area contributed by atoms with Crippen LogP contribution in [0, 0.1) is 4.64 Å². The number of H-pyrrole nitrogens is 1. The summed E-state index contributed by atoms with van der Waals surface area (Å²) in [6.07, 6.45) is 0.987. The average Bonchev–Trinajstić information content (AvgIpc) is 2.29. The Labute approximate surface area is 102 Å². The van der Waals surface area contributed by atoms with E-state index in [2.05, 4.69) is 4.98 Å². The smallest absolute Gasteiger partial charge is 0.255 e. The lowest BCUT2D eigenvalue weighted by atomic mass is 10.1. The summed E-state index contributed by atoms with van der Waals surface area (Å²) in [7, 11) is 0. The molecule has 1 aromatic heterocycles. The number of halogens is 2. The molecule has 1 aliphatic heterocycles. The van der Waals surface area contributed by atoms with Crippen molar-refractivity contribution >= 4 is 18.1 Å². The first-order valence-corrected chi connectivity index (χ1v) is 5.75. The summed E-state index contributed by atoms with van der Waals surface area (Å²) in [5.41, 5.74) is 0.448. The number of carbonyl (C=O) groups excluding carboxylic acids is 1. The van der Waals surface area contributed by atoms with Crippen molar-refractivity contribution in [1.29, 1.82) is 0 Å². The monoisotopic (exact) mass is 258 g/mol.